The summed E-state index contributed by atoms with van der Waals surface area (Å²) in [5.41, 5.74) is 1.57. The molecule has 0 aromatic heterocycles. The second kappa shape index (κ2) is 10.2. The van der Waals surface area contributed by atoms with Crippen molar-refractivity contribution in [3.05, 3.63) is 57.1 Å². The number of nitrogens with one attached hydrogen (secondary N) is 2. The number of hydrogen-bond donors (Lipinski definition) is 2. The van der Waals surface area contributed by atoms with Crippen LogP contribution in [0, 0.1) is 6.92 Å². The Morgan fingerprint density at radius 3 is 2.00 bits per heavy atom. The number of esters is 2. The maximum Gasteiger partial charge on any atom is 0.337 e. The molecule has 0 fully saturated rings. The molecule has 1 amide bonds. The molecule has 0 heterocycles. The molecule has 158 valence electrons. The summed E-state index contributed by atoms with van der Waals surface area (Å²) < 4.78 is 15.4. The molecule has 0 unspecified atom stereocenters. The molecule has 2 aromatic carbocycles. The Balaban J connectivity index is 2.27. The van der Waals surface area contributed by atoms with Gasteiger partial charge in [0.05, 0.1) is 38.0 Å². The van der Waals surface area contributed by atoms with Crippen molar-refractivity contribution in [2.75, 3.05) is 26.6 Å². The fourth-order valence-corrected chi connectivity index (χ4v) is 3.46. The zero-order chi connectivity index (χ0) is 22.4. The predicted molar refractivity (Wildman–Crippen MR) is 118 cm³/mol. The standard InChI is InChI=1S/C20H19BrN2O6S/c1-10-5-13(21)9-15(16(10)27-2)17(24)23-20(30)22-14-7-11(18(25)28-3)6-12(8-14)19(26)29-4/h5-9H,1-4H3,(H2,22,23,24,30). The lowest BCUT2D eigenvalue weighted by Crippen LogP contribution is -2.34. The van der Waals surface area contributed by atoms with E-state index in [1.54, 1.807) is 6.07 Å². The van der Waals surface area contributed by atoms with E-state index in [0.717, 1.165) is 5.56 Å². The second-order valence-electron chi connectivity index (χ2n) is 5.99. The van der Waals surface area contributed by atoms with Gasteiger partial charge in [0.25, 0.3) is 5.91 Å². The number of anilines is 1. The van der Waals surface area contributed by atoms with Crippen LogP contribution in [0.3, 0.4) is 0 Å². The molecule has 0 saturated heterocycles. The van der Waals surface area contributed by atoms with Crippen LogP contribution < -0.4 is 15.4 Å². The topological polar surface area (TPSA) is 103 Å². The first kappa shape index (κ1) is 23.3. The van der Waals surface area contributed by atoms with E-state index >= 15 is 0 Å². The number of aryl methyl sites for hydroxylation is 1. The van der Waals surface area contributed by atoms with Crippen LogP contribution in [-0.2, 0) is 9.47 Å². The average molecular weight is 495 g/mol. The van der Waals surface area contributed by atoms with E-state index in [9.17, 15) is 14.4 Å². The zero-order valence-electron chi connectivity index (χ0n) is 16.6. The number of amides is 1. The molecule has 8 nitrogen and oxygen atoms in total. The third-order valence-electron chi connectivity index (χ3n) is 3.95. The van der Waals surface area contributed by atoms with E-state index in [0.29, 0.717) is 15.9 Å². The SMILES string of the molecule is COC(=O)c1cc(NC(=S)NC(=O)c2cc(Br)cc(C)c2OC)cc(C(=O)OC)c1. The van der Waals surface area contributed by atoms with Crippen LogP contribution >= 0.6 is 28.1 Å². The largest absolute Gasteiger partial charge is 0.496 e. The number of ether oxygens (including phenoxy) is 3. The Morgan fingerprint density at radius 2 is 1.50 bits per heavy atom. The molecule has 2 aromatic rings. The average Bonchev–Trinajstić information content (AvgIpc) is 2.71. The minimum Gasteiger partial charge on any atom is -0.496 e. The summed E-state index contributed by atoms with van der Waals surface area (Å²) in [6.45, 7) is 1.81. The number of carbonyl (C=O) groups is 3. The highest BCUT2D eigenvalue weighted by Crippen LogP contribution is 2.27. The van der Waals surface area contributed by atoms with Crippen LogP contribution in [-0.4, -0.2) is 44.3 Å². The van der Waals surface area contributed by atoms with Gasteiger partial charge in [-0.05, 0) is 55.0 Å². The van der Waals surface area contributed by atoms with E-state index in [2.05, 4.69) is 26.6 Å². The monoisotopic (exact) mass is 494 g/mol. The highest BCUT2D eigenvalue weighted by molar-refractivity contribution is 9.10. The molecule has 2 N–H and O–H groups in total. The summed E-state index contributed by atoms with van der Waals surface area (Å²) in [5, 5.41) is 5.28. The van der Waals surface area contributed by atoms with E-state index in [1.807, 2.05) is 13.0 Å². The van der Waals surface area contributed by atoms with Gasteiger partial charge in [-0.3, -0.25) is 10.1 Å². The number of benzene rings is 2. The first-order valence-electron chi connectivity index (χ1n) is 8.48. The summed E-state index contributed by atoms with van der Waals surface area (Å²) in [6, 6.07) is 7.62. The quantitative estimate of drug-likeness (QED) is 0.481. The molecule has 0 atom stereocenters. The number of hydrogen-bond acceptors (Lipinski definition) is 7. The molecular formula is C20H19BrN2O6S. The van der Waals surface area contributed by atoms with Crippen LogP contribution in [0.4, 0.5) is 5.69 Å². The van der Waals surface area contributed by atoms with Gasteiger partial charge in [-0.1, -0.05) is 15.9 Å². The molecule has 0 saturated carbocycles. The number of carbonyl (C=O) groups excluding carboxylic acids is 3. The van der Waals surface area contributed by atoms with Crippen molar-refractivity contribution in [2.24, 2.45) is 0 Å². The number of thiocarbonyl (C=S) groups is 1. The smallest absolute Gasteiger partial charge is 0.337 e. The van der Waals surface area contributed by atoms with Gasteiger partial charge in [-0.15, -0.1) is 0 Å². The fraction of sp³-hybridized carbons (Fsp3) is 0.200. The van der Waals surface area contributed by atoms with Crippen LogP contribution in [0.1, 0.15) is 36.6 Å². The molecule has 10 heteroatoms. The zero-order valence-corrected chi connectivity index (χ0v) is 19.0. The van der Waals surface area contributed by atoms with E-state index in [-0.39, 0.29) is 21.8 Å². The first-order chi connectivity index (χ1) is 14.2. The molecule has 0 spiro atoms. The van der Waals surface area contributed by atoms with E-state index in [1.165, 1.54) is 39.5 Å². The summed E-state index contributed by atoms with van der Waals surface area (Å²) in [7, 11) is 3.91. The van der Waals surface area contributed by atoms with E-state index in [4.69, 9.17) is 26.4 Å². The maximum atomic E-state index is 12.7. The Hall–Kier alpha value is -2.98. The van der Waals surface area contributed by atoms with E-state index < -0.39 is 17.8 Å². The molecule has 2 rings (SSSR count). The Morgan fingerprint density at radius 1 is 0.933 bits per heavy atom. The Labute approximate surface area is 187 Å². The van der Waals surface area contributed by atoms with Crippen LogP contribution in [0.5, 0.6) is 5.75 Å². The van der Waals surface area contributed by atoms with Crippen molar-refractivity contribution in [3.63, 3.8) is 0 Å². The van der Waals surface area contributed by atoms with Gasteiger partial charge >= 0.3 is 11.9 Å². The molecule has 0 aliphatic rings. The highest BCUT2D eigenvalue weighted by atomic mass is 79.9. The number of methoxy groups -OCH3 is 3. The normalized spacial score (nSPS) is 10.0. The third kappa shape index (κ3) is 5.55. The second-order valence-corrected chi connectivity index (χ2v) is 7.32. The number of rotatable bonds is 5. The molecule has 0 aliphatic heterocycles. The van der Waals surface area contributed by atoms with Crippen molar-refractivity contribution in [3.8, 4) is 5.75 Å². The lowest BCUT2D eigenvalue weighted by Gasteiger charge is -2.14. The van der Waals surface area contributed by atoms with Gasteiger partial charge in [0, 0.05) is 10.2 Å². The molecule has 0 aliphatic carbocycles. The Kier molecular flexibility index (Phi) is 7.90. The van der Waals surface area contributed by atoms with Gasteiger partial charge in [-0.25, -0.2) is 9.59 Å². The fourth-order valence-electron chi connectivity index (χ4n) is 2.67. The van der Waals surface area contributed by atoms with Gasteiger partial charge < -0.3 is 19.5 Å². The Bertz CT molecular complexity index is 990. The number of halogens is 1. The first-order valence-corrected chi connectivity index (χ1v) is 9.68. The van der Waals surface area contributed by atoms with Gasteiger partial charge in [-0.2, -0.15) is 0 Å². The van der Waals surface area contributed by atoms with Gasteiger partial charge in [0.2, 0.25) is 0 Å². The summed E-state index contributed by atoms with van der Waals surface area (Å²) >= 11 is 8.55. The van der Waals surface area contributed by atoms with Crippen molar-refractivity contribution in [2.45, 2.75) is 6.92 Å². The van der Waals surface area contributed by atoms with Gasteiger partial charge in [0.15, 0.2) is 5.11 Å². The lowest BCUT2D eigenvalue weighted by atomic mass is 10.1. The summed E-state index contributed by atoms with van der Waals surface area (Å²) in [4.78, 5) is 36.5. The molecule has 0 bridgehead atoms. The van der Waals surface area contributed by atoms with Crippen LogP contribution in [0.2, 0.25) is 0 Å². The van der Waals surface area contributed by atoms with Crippen molar-refractivity contribution >= 4 is 56.8 Å². The van der Waals surface area contributed by atoms with Gasteiger partial charge in [0.1, 0.15) is 5.75 Å². The highest BCUT2D eigenvalue weighted by Gasteiger charge is 2.18. The van der Waals surface area contributed by atoms with Crippen molar-refractivity contribution in [1.82, 2.24) is 5.32 Å². The molecule has 0 radical (unpaired) electrons. The maximum absolute atomic E-state index is 12.7. The van der Waals surface area contributed by atoms with Crippen LogP contribution in [0.25, 0.3) is 0 Å². The molecule has 30 heavy (non-hydrogen) atoms. The minimum atomic E-state index is -0.645. The minimum absolute atomic E-state index is 0.0440. The molecular weight excluding hydrogens is 476 g/mol. The third-order valence-corrected chi connectivity index (χ3v) is 4.61. The van der Waals surface area contributed by atoms with Crippen molar-refractivity contribution in [1.29, 1.82) is 0 Å². The lowest BCUT2D eigenvalue weighted by molar-refractivity contribution is 0.0599. The predicted octanol–water partition coefficient (Wildman–Crippen LogP) is 3.47. The van der Waals surface area contributed by atoms with Crippen LogP contribution in [0.15, 0.2) is 34.8 Å². The summed E-state index contributed by atoms with van der Waals surface area (Å²) in [6.07, 6.45) is 0. The van der Waals surface area contributed by atoms with Crippen molar-refractivity contribution < 1.29 is 28.6 Å². The summed E-state index contributed by atoms with van der Waals surface area (Å²) in [5.74, 6) is -1.37.